The molecule has 2 aromatic carbocycles. The topological polar surface area (TPSA) is 76.7 Å². The minimum atomic E-state index is -0.968. The van der Waals surface area contributed by atoms with E-state index in [-0.39, 0.29) is 11.8 Å². The van der Waals surface area contributed by atoms with Crippen molar-refractivity contribution in [2.75, 3.05) is 14.2 Å². The van der Waals surface area contributed by atoms with Gasteiger partial charge in [0, 0.05) is 24.2 Å². The van der Waals surface area contributed by atoms with Crippen molar-refractivity contribution in [3.05, 3.63) is 59.7 Å². The summed E-state index contributed by atoms with van der Waals surface area (Å²) in [5.41, 5.74) is 0.779. The molecule has 6 nitrogen and oxygen atoms in total. The summed E-state index contributed by atoms with van der Waals surface area (Å²) in [7, 11) is 3.18. The van der Waals surface area contributed by atoms with Crippen LogP contribution in [-0.2, 0) is 22.7 Å². The summed E-state index contributed by atoms with van der Waals surface area (Å²) in [6.07, 6.45) is 1.12. The van der Waals surface area contributed by atoms with Gasteiger partial charge in [-0.25, -0.2) is 0 Å². The smallest absolute Gasteiger partial charge is 0.235 e. The zero-order valence-corrected chi connectivity index (χ0v) is 15.6. The molecule has 2 N–H and O–H groups in total. The standard InChI is InChI=1S/C21H24N2O4/c1-26-17-9-5-3-7-15(17)13-22-19(24)21(11-12-21)20(25)23-14-16-8-4-6-10-18(16)27-2/h3-10H,11-14H2,1-2H3,(H,22,24)(H,23,25). The van der Waals surface area contributed by atoms with Gasteiger partial charge >= 0.3 is 0 Å². The lowest BCUT2D eigenvalue weighted by molar-refractivity contribution is -0.137. The highest BCUT2D eigenvalue weighted by Crippen LogP contribution is 2.46. The fourth-order valence-electron chi connectivity index (χ4n) is 3.07. The van der Waals surface area contributed by atoms with Gasteiger partial charge in [0.15, 0.2) is 0 Å². The van der Waals surface area contributed by atoms with Crippen molar-refractivity contribution in [1.29, 1.82) is 0 Å². The zero-order chi connectivity index (χ0) is 19.3. The lowest BCUT2D eigenvalue weighted by Crippen LogP contribution is -2.42. The molecule has 1 aliphatic carbocycles. The number of hydrogen-bond acceptors (Lipinski definition) is 4. The molecule has 0 aliphatic heterocycles. The Kier molecular flexibility index (Phi) is 5.64. The van der Waals surface area contributed by atoms with Crippen molar-refractivity contribution >= 4 is 11.8 Å². The van der Waals surface area contributed by atoms with Crippen molar-refractivity contribution in [3.63, 3.8) is 0 Å². The lowest BCUT2D eigenvalue weighted by Gasteiger charge is -2.17. The number of ether oxygens (including phenoxy) is 2. The molecule has 0 aromatic heterocycles. The second-order valence-corrected chi connectivity index (χ2v) is 6.57. The average molecular weight is 368 g/mol. The summed E-state index contributed by atoms with van der Waals surface area (Å²) < 4.78 is 10.6. The number of carbonyl (C=O) groups is 2. The third-order valence-electron chi connectivity index (χ3n) is 4.88. The molecule has 2 aromatic rings. The minimum Gasteiger partial charge on any atom is -0.496 e. The molecule has 0 bridgehead atoms. The first-order valence-corrected chi connectivity index (χ1v) is 8.91. The van der Waals surface area contributed by atoms with Gasteiger partial charge in [-0.15, -0.1) is 0 Å². The van der Waals surface area contributed by atoms with Crippen LogP contribution in [0.15, 0.2) is 48.5 Å². The Morgan fingerprint density at radius 3 is 1.59 bits per heavy atom. The fraction of sp³-hybridized carbons (Fsp3) is 0.333. The van der Waals surface area contributed by atoms with E-state index in [0.29, 0.717) is 37.4 Å². The van der Waals surface area contributed by atoms with E-state index in [2.05, 4.69) is 10.6 Å². The third kappa shape index (κ3) is 4.05. The van der Waals surface area contributed by atoms with E-state index in [4.69, 9.17) is 9.47 Å². The molecule has 0 spiro atoms. The van der Waals surface area contributed by atoms with Crippen molar-refractivity contribution in [1.82, 2.24) is 10.6 Å². The van der Waals surface area contributed by atoms with Crippen LogP contribution in [0.1, 0.15) is 24.0 Å². The molecule has 0 unspecified atom stereocenters. The maximum atomic E-state index is 12.6. The third-order valence-corrected chi connectivity index (χ3v) is 4.88. The fourth-order valence-corrected chi connectivity index (χ4v) is 3.07. The van der Waals surface area contributed by atoms with Gasteiger partial charge in [0.2, 0.25) is 11.8 Å². The number of carbonyl (C=O) groups excluding carboxylic acids is 2. The van der Waals surface area contributed by atoms with Crippen LogP contribution in [0.25, 0.3) is 0 Å². The monoisotopic (exact) mass is 368 g/mol. The van der Waals surface area contributed by atoms with Gasteiger partial charge in [-0.1, -0.05) is 36.4 Å². The highest BCUT2D eigenvalue weighted by atomic mass is 16.5. The predicted molar refractivity (Wildman–Crippen MR) is 101 cm³/mol. The summed E-state index contributed by atoms with van der Waals surface area (Å²) in [6.45, 7) is 0.648. The van der Waals surface area contributed by atoms with Crippen molar-refractivity contribution in [3.8, 4) is 11.5 Å². The van der Waals surface area contributed by atoms with Gasteiger partial charge in [0.1, 0.15) is 16.9 Å². The minimum absolute atomic E-state index is 0.245. The first-order chi connectivity index (χ1) is 13.1. The normalized spacial score (nSPS) is 14.1. The van der Waals surface area contributed by atoms with Crippen LogP contribution in [0.3, 0.4) is 0 Å². The zero-order valence-electron chi connectivity index (χ0n) is 15.6. The summed E-state index contributed by atoms with van der Waals surface area (Å²) in [5.74, 6) is 0.934. The SMILES string of the molecule is COc1ccccc1CNC(=O)C1(C(=O)NCc2ccccc2OC)CC1. The number of hydrogen-bond donors (Lipinski definition) is 2. The highest BCUT2D eigenvalue weighted by Gasteiger charge is 2.56. The van der Waals surface area contributed by atoms with Crippen molar-refractivity contribution in [2.45, 2.75) is 25.9 Å². The molecule has 3 rings (SSSR count). The molecule has 1 aliphatic rings. The number of methoxy groups -OCH3 is 2. The number of amides is 2. The van der Waals surface area contributed by atoms with Crippen LogP contribution in [0.2, 0.25) is 0 Å². The molecule has 0 heterocycles. The van der Waals surface area contributed by atoms with Crippen LogP contribution in [0.4, 0.5) is 0 Å². The molecule has 1 fully saturated rings. The molecule has 6 heteroatoms. The summed E-state index contributed by atoms with van der Waals surface area (Å²) in [6, 6.07) is 15.0. The number of benzene rings is 2. The van der Waals surface area contributed by atoms with Gasteiger partial charge < -0.3 is 20.1 Å². The predicted octanol–water partition coefficient (Wildman–Crippen LogP) is 2.42. The second kappa shape index (κ2) is 8.12. The Hall–Kier alpha value is -3.02. The van der Waals surface area contributed by atoms with E-state index in [1.807, 2.05) is 48.5 Å². The van der Waals surface area contributed by atoms with Gasteiger partial charge in [0.25, 0.3) is 0 Å². The molecular formula is C21H24N2O4. The van der Waals surface area contributed by atoms with E-state index < -0.39 is 5.41 Å². The van der Waals surface area contributed by atoms with E-state index in [1.54, 1.807) is 14.2 Å². The van der Waals surface area contributed by atoms with Gasteiger partial charge in [-0.3, -0.25) is 9.59 Å². The van der Waals surface area contributed by atoms with Crippen LogP contribution in [-0.4, -0.2) is 26.0 Å². The number of rotatable bonds is 8. The second-order valence-electron chi connectivity index (χ2n) is 6.57. The first kappa shape index (κ1) is 18.8. The number of nitrogens with one attached hydrogen (secondary N) is 2. The van der Waals surface area contributed by atoms with Crippen LogP contribution in [0.5, 0.6) is 11.5 Å². The highest BCUT2D eigenvalue weighted by molar-refractivity contribution is 6.07. The summed E-state index contributed by atoms with van der Waals surface area (Å²) >= 11 is 0. The van der Waals surface area contributed by atoms with Crippen molar-refractivity contribution < 1.29 is 19.1 Å². The molecule has 1 saturated carbocycles. The molecule has 0 saturated heterocycles. The van der Waals surface area contributed by atoms with E-state index in [9.17, 15) is 9.59 Å². The Balaban J connectivity index is 1.59. The van der Waals surface area contributed by atoms with E-state index in [0.717, 1.165) is 11.1 Å². The van der Waals surface area contributed by atoms with E-state index in [1.165, 1.54) is 0 Å². The largest absolute Gasteiger partial charge is 0.496 e. The number of para-hydroxylation sites is 2. The van der Waals surface area contributed by atoms with Crippen LogP contribution >= 0.6 is 0 Å². The average Bonchev–Trinajstić information content (AvgIpc) is 3.52. The summed E-state index contributed by atoms with van der Waals surface area (Å²) in [5, 5.41) is 5.75. The maximum Gasteiger partial charge on any atom is 0.235 e. The molecule has 0 radical (unpaired) electrons. The Morgan fingerprint density at radius 2 is 1.22 bits per heavy atom. The molecule has 2 amide bonds. The van der Waals surface area contributed by atoms with E-state index >= 15 is 0 Å². The molecule has 0 atom stereocenters. The van der Waals surface area contributed by atoms with Crippen LogP contribution < -0.4 is 20.1 Å². The molecule has 27 heavy (non-hydrogen) atoms. The quantitative estimate of drug-likeness (QED) is 0.702. The first-order valence-electron chi connectivity index (χ1n) is 8.91. The van der Waals surface area contributed by atoms with Crippen molar-refractivity contribution in [2.24, 2.45) is 5.41 Å². The lowest BCUT2D eigenvalue weighted by atomic mass is 10.0. The Morgan fingerprint density at radius 1 is 0.815 bits per heavy atom. The molecular weight excluding hydrogens is 344 g/mol. The molecule has 142 valence electrons. The Bertz CT molecular complexity index is 765. The van der Waals surface area contributed by atoms with Gasteiger partial charge in [0.05, 0.1) is 14.2 Å². The summed E-state index contributed by atoms with van der Waals surface area (Å²) in [4.78, 5) is 25.3. The van der Waals surface area contributed by atoms with Crippen LogP contribution in [0, 0.1) is 5.41 Å². The van der Waals surface area contributed by atoms with Gasteiger partial charge in [-0.2, -0.15) is 0 Å². The van der Waals surface area contributed by atoms with Gasteiger partial charge in [-0.05, 0) is 25.0 Å². The maximum absolute atomic E-state index is 12.6. The Labute approximate surface area is 158 Å².